The normalized spacial score (nSPS) is 9.87. The van der Waals surface area contributed by atoms with Gasteiger partial charge in [-0.1, -0.05) is 0 Å². The third kappa shape index (κ3) is 3.19. The van der Waals surface area contributed by atoms with Crippen LogP contribution >= 0.6 is 0 Å². The van der Waals surface area contributed by atoms with E-state index in [-0.39, 0.29) is 12.5 Å². The molecule has 1 rings (SSSR count). The van der Waals surface area contributed by atoms with Gasteiger partial charge in [-0.05, 0) is 13.8 Å². The van der Waals surface area contributed by atoms with Crippen molar-refractivity contribution in [2.45, 2.75) is 13.8 Å². The standard InChI is InChI=1S/C10H15N3O2/c1-7-5-9(12-8(2)11-7)13(3)6-10(14)15-4/h5H,6H2,1-4H3. The fourth-order valence-corrected chi connectivity index (χ4v) is 1.23. The van der Waals surface area contributed by atoms with E-state index in [0.717, 1.165) is 11.5 Å². The van der Waals surface area contributed by atoms with Crippen molar-refractivity contribution in [2.75, 3.05) is 25.6 Å². The Hall–Kier alpha value is -1.65. The minimum atomic E-state index is -0.286. The number of aromatic nitrogens is 2. The van der Waals surface area contributed by atoms with Crippen LogP contribution in [-0.4, -0.2) is 36.6 Å². The van der Waals surface area contributed by atoms with Crippen LogP contribution in [0.25, 0.3) is 0 Å². The van der Waals surface area contributed by atoms with Gasteiger partial charge in [0.1, 0.15) is 18.2 Å². The highest BCUT2D eigenvalue weighted by molar-refractivity contribution is 5.74. The molecule has 5 heteroatoms. The van der Waals surface area contributed by atoms with E-state index in [0.29, 0.717) is 5.82 Å². The van der Waals surface area contributed by atoms with Gasteiger partial charge in [-0.3, -0.25) is 4.79 Å². The molecule has 0 saturated heterocycles. The minimum Gasteiger partial charge on any atom is -0.468 e. The van der Waals surface area contributed by atoms with E-state index in [4.69, 9.17) is 0 Å². The summed E-state index contributed by atoms with van der Waals surface area (Å²) in [7, 11) is 3.16. The largest absolute Gasteiger partial charge is 0.468 e. The summed E-state index contributed by atoms with van der Waals surface area (Å²) in [6.45, 7) is 3.90. The molecule has 0 atom stereocenters. The number of hydrogen-bond acceptors (Lipinski definition) is 5. The monoisotopic (exact) mass is 209 g/mol. The first-order chi connectivity index (χ1) is 7.02. The Labute approximate surface area is 89.1 Å². The highest BCUT2D eigenvalue weighted by atomic mass is 16.5. The second-order valence-electron chi connectivity index (χ2n) is 3.35. The van der Waals surface area contributed by atoms with Gasteiger partial charge in [-0.25, -0.2) is 9.97 Å². The molecule has 0 fully saturated rings. The molecule has 0 amide bonds. The van der Waals surface area contributed by atoms with Crippen LogP contribution in [0.4, 0.5) is 5.82 Å². The number of likely N-dealkylation sites (N-methyl/N-ethyl adjacent to an activating group) is 1. The summed E-state index contributed by atoms with van der Waals surface area (Å²) >= 11 is 0. The summed E-state index contributed by atoms with van der Waals surface area (Å²) in [5.41, 5.74) is 0.884. The number of nitrogens with zero attached hydrogens (tertiary/aromatic N) is 3. The van der Waals surface area contributed by atoms with Crippen molar-refractivity contribution in [2.24, 2.45) is 0 Å². The maximum absolute atomic E-state index is 11.1. The van der Waals surface area contributed by atoms with Gasteiger partial charge in [-0.2, -0.15) is 0 Å². The molecular formula is C10H15N3O2. The summed E-state index contributed by atoms with van der Waals surface area (Å²) in [4.78, 5) is 21.2. The van der Waals surface area contributed by atoms with E-state index < -0.39 is 0 Å². The molecule has 1 aromatic heterocycles. The van der Waals surface area contributed by atoms with Crippen LogP contribution in [0.15, 0.2) is 6.07 Å². The molecule has 1 aromatic rings. The Balaban J connectivity index is 2.81. The molecule has 0 aliphatic heterocycles. The fourth-order valence-electron chi connectivity index (χ4n) is 1.23. The van der Waals surface area contributed by atoms with E-state index >= 15 is 0 Å². The van der Waals surface area contributed by atoms with Crippen LogP contribution in [0, 0.1) is 13.8 Å². The number of rotatable bonds is 3. The zero-order valence-corrected chi connectivity index (χ0v) is 9.44. The van der Waals surface area contributed by atoms with Crippen molar-refractivity contribution in [3.05, 3.63) is 17.6 Å². The van der Waals surface area contributed by atoms with Crippen molar-refractivity contribution < 1.29 is 9.53 Å². The molecular weight excluding hydrogens is 194 g/mol. The number of anilines is 1. The molecule has 0 aromatic carbocycles. The molecule has 82 valence electrons. The van der Waals surface area contributed by atoms with Crippen molar-refractivity contribution in [3.63, 3.8) is 0 Å². The first kappa shape index (κ1) is 11.4. The second-order valence-corrected chi connectivity index (χ2v) is 3.35. The zero-order chi connectivity index (χ0) is 11.4. The van der Waals surface area contributed by atoms with Crippen molar-refractivity contribution in [1.29, 1.82) is 0 Å². The molecule has 0 radical (unpaired) electrons. The van der Waals surface area contributed by atoms with Gasteiger partial charge in [0.05, 0.1) is 7.11 Å². The zero-order valence-electron chi connectivity index (χ0n) is 9.44. The third-order valence-electron chi connectivity index (χ3n) is 1.94. The SMILES string of the molecule is COC(=O)CN(C)c1cc(C)nc(C)n1. The number of aryl methyl sites for hydroxylation is 2. The minimum absolute atomic E-state index is 0.187. The Morgan fingerprint density at radius 3 is 2.67 bits per heavy atom. The average Bonchev–Trinajstić information content (AvgIpc) is 2.16. The molecule has 0 aliphatic carbocycles. The van der Waals surface area contributed by atoms with Crippen LogP contribution in [0.3, 0.4) is 0 Å². The van der Waals surface area contributed by atoms with Gasteiger partial charge in [0.2, 0.25) is 0 Å². The number of carbonyl (C=O) groups excluding carboxylic acids is 1. The Morgan fingerprint density at radius 1 is 1.47 bits per heavy atom. The first-order valence-electron chi connectivity index (χ1n) is 4.63. The van der Waals surface area contributed by atoms with E-state index in [1.807, 2.05) is 19.9 Å². The quantitative estimate of drug-likeness (QED) is 0.686. The van der Waals surface area contributed by atoms with E-state index in [9.17, 15) is 4.79 Å². The van der Waals surface area contributed by atoms with Gasteiger partial charge in [0, 0.05) is 18.8 Å². The lowest BCUT2D eigenvalue weighted by Gasteiger charge is -2.17. The molecule has 0 unspecified atom stereocenters. The highest BCUT2D eigenvalue weighted by Crippen LogP contribution is 2.10. The van der Waals surface area contributed by atoms with Gasteiger partial charge in [-0.15, -0.1) is 0 Å². The van der Waals surface area contributed by atoms with Crippen LogP contribution in [0.5, 0.6) is 0 Å². The number of esters is 1. The second kappa shape index (κ2) is 4.72. The smallest absolute Gasteiger partial charge is 0.325 e. The Bertz CT molecular complexity index is 345. The molecule has 0 saturated carbocycles. The summed E-state index contributed by atoms with van der Waals surface area (Å²) in [5.74, 6) is 1.14. The van der Waals surface area contributed by atoms with Gasteiger partial charge in [0.25, 0.3) is 0 Å². The van der Waals surface area contributed by atoms with Crippen molar-refractivity contribution in [1.82, 2.24) is 9.97 Å². The molecule has 0 spiro atoms. The molecule has 0 N–H and O–H groups in total. The van der Waals surface area contributed by atoms with Crippen LogP contribution in [0.2, 0.25) is 0 Å². The van der Waals surface area contributed by atoms with E-state index in [2.05, 4.69) is 14.7 Å². The van der Waals surface area contributed by atoms with Gasteiger partial charge in [0.15, 0.2) is 0 Å². The van der Waals surface area contributed by atoms with Crippen molar-refractivity contribution in [3.8, 4) is 0 Å². The molecule has 1 heterocycles. The average molecular weight is 209 g/mol. The summed E-state index contributed by atoms with van der Waals surface area (Å²) in [6.07, 6.45) is 0. The highest BCUT2D eigenvalue weighted by Gasteiger charge is 2.09. The number of hydrogen-bond donors (Lipinski definition) is 0. The lowest BCUT2D eigenvalue weighted by Crippen LogP contribution is -2.27. The first-order valence-corrected chi connectivity index (χ1v) is 4.63. The number of methoxy groups -OCH3 is 1. The van der Waals surface area contributed by atoms with Crippen LogP contribution in [0.1, 0.15) is 11.5 Å². The number of carbonyl (C=O) groups is 1. The van der Waals surface area contributed by atoms with Crippen LogP contribution < -0.4 is 4.90 Å². The predicted octanol–water partition coefficient (Wildman–Crippen LogP) is 0.703. The maximum Gasteiger partial charge on any atom is 0.325 e. The third-order valence-corrected chi connectivity index (χ3v) is 1.94. The summed E-state index contributed by atoms with van der Waals surface area (Å²) < 4.78 is 4.58. The fraction of sp³-hybridized carbons (Fsp3) is 0.500. The van der Waals surface area contributed by atoms with E-state index in [1.165, 1.54) is 7.11 Å². The molecule has 15 heavy (non-hydrogen) atoms. The Kier molecular flexibility index (Phi) is 3.60. The lowest BCUT2D eigenvalue weighted by molar-refractivity contribution is -0.138. The maximum atomic E-state index is 11.1. The molecule has 0 aliphatic rings. The van der Waals surface area contributed by atoms with Crippen LogP contribution in [-0.2, 0) is 9.53 Å². The van der Waals surface area contributed by atoms with Gasteiger partial charge < -0.3 is 9.64 Å². The van der Waals surface area contributed by atoms with Crippen molar-refractivity contribution >= 4 is 11.8 Å². The molecule has 0 bridgehead atoms. The lowest BCUT2D eigenvalue weighted by atomic mass is 10.4. The summed E-state index contributed by atoms with van der Waals surface area (Å²) in [5, 5.41) is 0. The topological polar surface area (TPSA) is 55.3 Å². The number of ether oxygens (including phenoxy) is 1. The predicted molar refractivity (Wildman–Crippen MR) is 56.8 cm³/mol. The Morgan fingerprint density at radius 2 is 2.13 bits per heavy atom. The van der Waals surface area contributed by atoms with E-state index in [1.54, 1.807) is 11.9 Å². The van der Waals surface area contributed by atoms with Gasteiger partial charge >= 0.3 is 5.97 Å². The summed E-state index contributed by atoms with van der Waals surface area (Å²) in [6, 6.07) is 1.83. The molecule has 5 nitrogen and oxygen atoms in total.